The highest BCUT2D eigenvalue weighted by Gasteiger charge is 2.01. The van der Waals surface area contributed by atoms with Gasteiger partial charge >= 0.3 is 0 Å². The van der Waals surface area contributed by atoms with Crippen LogP contribution in [-0.4, -0.2) is 31.0 Å². The lowest BCUT2D eigenvalue weighted by Crippen LogP contribution is -2.25. The van der Waals surface area contributed by atoms with Crippen molar-refractivity contribution in [3.8, 4) is 0 Å². The SMILES string of the molecule is O=C(CCCc1cccs1)NCCCOCCBr. The molecule has 0 saturated carbocycles. The van der Waals surface area contributed by atoms with Crippen molar-refractivity contribution in [1.29, 1.82) is 0 Å². The van der Waals surface area contributed by atoms with Crippen molar-refractivity contribution in [3.63, 3.8) is 0 Å². The number of amides is 1. The summed E-state index contributed by atoms with van der Waals surface area (Å²) >= 11 is 5.04. The van der Waals surface area contributed by atoms with Crippen LogP contribution in [-0.2, 0) is 16.0 Å². The van der Waals surface area contributed by atoms with Crippen LogP contribution in [0.3, 0.4) is 0 Å². The third kappa shape index (κ3) is 7.84. The van der Waals surface area contributed by atoms with Gasteiger partial charge in [-0.2, -0.15) is 0 Å². The molecule has 0 bridgehead atoms. The quantitative estimate of drug-likeness (QED) is 0.528. The summed E-state index contributed by atoms with van der Waals surface area (Å²) in [6.07, 6.45) is 3.41. The molecular weight excluding hydrogens is 314 g/mol. The Morgan fingerprint density at radius 1 is 1.39 bits per heavy atom. The molecule has 0 aliphatic rings. The second-order valence-electron chi connectivity index (χ2n) is 3.94. The van der Waals surface area contributed by atoms with E-state index in [1.807, 2.05) is 6.07 Å². The molecule has 0 aliphatic carbocycles. The molecule has 0 aliphatic heterocycles. The van der Waals surface area contributed by atoms with E-state index >= 15 is 0 Å². The van der Waals surface area contributed by atoms with Gasteiger partial charge in [-0.3, -0.25) is 4.79 Å². The summed E-state index contributed by atoms with van der Waals surface area (Å²) in [5.74, 6) is 0.145. The zero-order valence-corrected chi connectivity index (χ0v) is 12.9. The van der Waals surface area contributed by atoms with E-state index in [2.05, 4.69) is 32.7 Å². The number of thiophene rings is 1. The maximum atomic E-state index is 11.5. The summed E-state index contributed by atoms with van der Waals surface area (Å²) in [5.41, 5.74) is 0. The minimum atomic E-state index is 0.145. The summed E-state index contributed by atoms with van der Waals surface area (Å²) in [4.78, 5) is 12.9. The molecule has 1 N–H and O–H groups in total. The topological polar surface area (TPSA) is 38.3 Å². The molecule has 3 nitrogen and oxygen atoms in total. The van der Waals surface area contributed by atoms with Crippen molar-refractivity contribution in [2.24, 2.45) is 0 Å². The third-order valence-electron chi connectivity index (χ3n) is 2.42. The average molecular weight is 334 g/mol. The van der Waals surface area contributed by atoms with Gasteiger partial charge in [0, 0.05) is 29.8 Å². The first-order valence-corrected chi connectivity index (χ1v) is 8.26. The maximum Gasteiger partial charge on any atom is 0.220 e. The van der Waals surface area contributed by atoms with E-state index in [0.29, 0.717) is 19.6 Å². The normalized spacial score (nSPS) is 10.5. The number of aryl methyl sites for hydroxylation is 1. The number of halogens is 1. The Balaban J connectivity index is 1.91. The lowest BCUT2D eigenvalue weighted by atomic mass is 10.2. The summed E-state index contributed by atoms with van der Waals surface area (Å²) < 4.78 is 5.30. The first-order chi connectivity index (χ1) is 8.83. The van der Waals surface area contributed by atoms with Crippen LogP contribution in [0.1, 0.15) is 24.1 Å². The molecule has 1 amide bonds. The van der Waals surface area contributed by atoms with Crippen LogP contribution >= 0.6 is 27.3 Å². The van der Waals surface area contributed by atoms with E-state index < -0.39 is 0 Å². The lowest BCUT2D eigenvalue weighted by Gasteiger charge is -2.05. The number of alkyl halides is 1. The molecule has 0 fully saturated rings. The van der Waals surface area contributed by atoms with E-state index in [9.17, 15) is 4.79 Å². The second-order valence-corrected chi connectivity index (χ2v) is 5.76. The van der Waals surface area contributed by atoms with Crippen molar-refractivity contribution in [2.45, 2.75) is 25.7 Å². The number of hydrogen-bond donors (Lipinski definition) is 1. The van der Waals surface area contributed by atoms with Gasteiger partial charge in [0.1, 0.15) is 0 Å². The van der Waals surface area contributed by atoms with Gasteiger partial charge in [-0.25, -0.2) is 0 Å². The van der Waals surface area contributed by atoms with Gasteiger partial charge in [0.05, 0.1) is 6.61 Å². The maximum absolute atomic E-state index is 11.5. The van der Waals surface area contributed by atoms with E-state index in [4.69, 9.17) is 4.74 Å². The van der Waals surface area contributed by atoms with E-state index in [-0.39, 0.29) is 5.91 Å². The Labute approximate surface area is 121 Å². The van der Waals surface area contributed by atoms with Gasteiger partial charge in [0.25, 0.3) is 0 Å². The van der Waals surface area contributed by atoms with Crippen LogP contribution in [0, 0.1) is 0 Å². The number of hydrogen-bond acceptors (Lipinski definition) is 3. The highest BCUT2D eigenvalue weighted by atomic mass is 79.9. The molecule has 1 rings (SSSR count). The fraction of sp³-hybridized carbons (Fsp3) is 0.615. The second kappa shape index (κ2) is 10.5. The predicted octanol–water partition coefficient (Wildman–Crippen LogP) is 2.99. The predicted molar refractivity (Wildman–Crippen MR) is 79.5 cm³/mol. The van der Waals surface area contributed by atoms with E-state index in [1.54, 1.807) is 11.3 Å². The molecule has 1 heterocycles. The van der Waals surface area contributed by atoms with Crippen LogP contribution in [0.25, 0.3) is 0 Å². The highest BCUT2D eigenvalue weighted by Crippen LogP contribution is 2.11. The minimum absolute atomic E-state index is 0.145. The Kier molecular flexibility index (Phi) is 9.16. The largest absolute Gasteiger partial charge is 0.381 e. The van der Waals surface area contributed by atoms with Gasteiger partial charge < -0.3 is 10.1 Å². The highest BCUT2D eigenvalue weighted by molar-refractivity contribution is 9.09. The molecular formula is C13H20BrNO2S. The molecule has 18 heavy (non-hydrogen) atoms. The van der Waals surface area contributed by atoms with Gasteiger partial charge in [0.2, 0.25) is 5.91 Å². The van der Waals surface area contributed by atoms with Crippen molar-refractivity contribution in [1.82, 2.24) is 5.32 Å². The first-order valence-electron chi connectivity index (χ1n) is 6.25. The molecule has 1 aromatic heterocycles. The minimum Gasteiger partial charge on any atom is -0.381 e. The number of ether oxygens (including phenoxy) is 1. The molecule has 0 spiro atoms. The molecule has 1 aromatic rings. The Hall–Kier alpha value is -0.390. The number of carbonyl (C=O) groups is 1. The number of carbonyl (C=O) groups excluding carboxylic acids is 1. The summed E-state index contributed by atoms with van der Waals surface area (Å²) in [6.45, 7) is 2.15. The van der Waals surface area contributed by atoms with Crippen LogP contribution in [0.5, 0.6) is 0 Å². The zero-order valence-electron chi connectivity index (χ0n) is 10.5. The van der Waals surface area contributed by atoms with Crippen LogP contribution in [0.4, 0.5) is 0 Å². The smallest absolute Gasteiger partial charge is 0.220 e. The van der Waals surface area contributed by atoms with Gasteiger partial charge in [-0.1, -0.05) is 22.0 Å². The summed E-state index contributed by atoms with van der Waals surface area (Å²) in [6, 6.07) is 4.16. The lowest BCUT2D eigenvalue weighted by molar-refractivity contribution is -0.121. The standard InChI is InChI=1S/C13H20BrNO2S/c14-7-10-17-9-3-8-15-13(16)6-1-4-12-5-2-11-18-12/h2,5,11H,1,3-4,6-10H2,(H,15,16). The van der Waals surface area contributed by atoms with Gasteiger partial charge in [-0.15, -0.1) is 11.3 Å². The first kappa shape index (κ1) is 15.7. The zero-order chi connectivity index (χ0) is 13.1. The summed E-state index contributed by atoms with van der Waals surface area (Å²) in [5, 5.41) is 5.85. The molecule has 0 aromatic carbocycles. The van der Waals surface area contributed by atoms with Crippen molar-refractivity contribution >= 4 is 33.2 Å². The van der Waals surface area contributed by atoms with E-state index in [1.165, 1.54) is 4.88 Å². The third-order valence-corrected chi connectivity index (χ3v) is 3.68. The molecule has 102 valence electrons. The molecule has 0 saturated heterocycles. The molecule has 0 atom stereocenters. The van der Waals surface area contributed by atoms with E-state index in [0.717, 1.165) is 31.2 Å². The van der Waals surface area contributed by atoms with Crippen molar-refractivity contribution in [3.05, 3.63) is 22.4 Å². The Bertz CT molecular complexity index is 317. The average Bonchev–Trinajstić information content (AvgIpc) is 2.87. The fourth-order valence-corrected chi connectivity index (χ4v) is 2.51. The Morgan fingerprint density at radius 2 is 2.28 bits per heavy atom. The summed E-state index contributed by atoms with van der Waals surface area (Å²) in [7, 11) is 0. The number of rotatable bonds is 10. The monoisotopic (exact) mass is 333 g/mol. The van der Waals surface area contributed by atoms with Crippen LogP contribution in [0.15, 0.2) is 17.5 Å². The fourth-order valence-electron chi connectivity index (χ4n) is 1.53. The molecule has 0 radical (unpaired) electrons. The molecule has 5 heteroatoms. The van der Waals surface area contributed by atoms with Crippen LogP contribution in [0.2, 0.25) is 0 Å². The van der Waals surface area contributed by atoms with Crippen LogP contribution < -0.4 is 5.32 Å². The van der Waals surface area contributed by atoms with Gasteiger partial charge in [0.15, 0.2) is 0 Å². The number of nitrogens with one attached hydrogen (secondary N) is 1. The van der Waals surface area contributed by atoms with Crippen molar-refractivity contribution < 1.29 is 9.53 Å². The Morgan fingerprint density at radius 3 is 3.00 bits per heavy atom. The molecule has 0 unspecified atom stereocenters. The van der Waals surface area contributed by atoms with Crippen molar-refractivity contribution in [2.75, 3.05) is 25.1 Å². The van der Waals surface area contributed by atoms with Gasteiger partial charge in [-0.05, 0) is 30.7 Å².